The van der Waals surface area contributed by atoms with E-state index < -0.39 is 26.7 Å². The molecule has 126 valence electrons. The normalized spacial score (nSPS) is 13.0. The number of aromatic nitrogens is 2. The smallest absolute Gasteiger partial charge is 0.238 e. The number of hydrogen-bond acceptors (Lipinski definition) is 7. The SMILES string of the molecule is CCCc1nc(CS(=O)(=O)C(C)C(=O)NCc2cccs2)no1. The lowest BCUT2D eigenvalue weighted by Crippen LogP contribution is -2.38. The van der Waals surface area contributed by atoms with Crippen LogP contribution in [0.3, 0.4) is 0 Å². The molecule has 1 amide bonds. The minimum absolute atomic E-state index is 0.0892. The van der Waals surface area contributed by atoms with Crippen LogP contribution in [0.4, 0.5) is 0 Å². The Kier molecular flexibility index (Phi) is 5.89. The summed E-state index contributed by atoms with van der Waals surface area (Å²) in [5.74, 6) is -0.442. The quantitative estimate of drug-likeness (QED) is 0.771. The lowest BCUT2D eigenvalue weighted by molar-refractivity contribution is -0.120. The molecule has 0 aliphatic heterocycles. The number of carbonyl (C=O) groups is 1. The van der Waals surface area contributed by atoms with E-state index in [4.69, 9.17) is 4.52 Å². The summed E-state index contributed by atoms with van der Waals surface area (Å²) in [5, 5.41) is 7.01. The van der Waals surface area contributed by atoms with E-state index in [1.165, 1.54) is 18.3 Å². The molecular formula is C14H19N3O4S2. The zero-order valence-corrected chi connectivity index (χ0v) is 14.6. The average Bonchev–Trinajstić information content (AvgIpc) is 3.16. The molecule has 2 aromatic rings. The molecule has 0 radical (unpaired) electrons. The number of amides is 1. The molecule has 0 saturated heterocycles. The largest absolute Gasteiger partial charge is 0.350 e. The van der Waals surface area contributed by atoms with Crippen molar-refractivity contribution in [2.75, 3.05) is 0 Å². The van der Waals surface area contributed by atoms with Crippen LogP contribution in [0.15, 0.2) is 22.0 Å². The van der Waals surface area contributed by atoms with Crippen LogP contribution in [0.2, 0.25) is 0 Å². The summed E-state index contributed by atoms with van der Waals surface area (Å²) in [5.41, 5.74) is 0. The maximum atomic E-state index is 12.3. The average molecular weight is 357 g/mol. The van der Waals surface area contributed by atoms with Gasteiger partial charge in [-0.15, -0.1) is 11.3 Å². The van der Waals surface area contributed by atoms with E-state index in [1.54, 1.807) is 0 Å². The third kappa shape index (κ3) is 4.87. The highest BCUT2D eigenvalue weighted by Crippen LogP contribution is 2.12. The molecule has 0 spiro atoms. The fourth-order valence-corrected chi connectivity index (χ4v) is 3.64. The van der Waals surface area contributed by atoms with Crippen molar-refractivity contribution < 1.29 is 17.7 Å². The Bertz CT molecular complexity index is 738. The monoisotopic (exact) mass is 357 g/mol. The van der Waals surface area contributed by atoms with Gasteiger partial charge in [0.25, 0.3) is 0 Å². The first kappa shape index (κ1) is 17.6. The number of carbonyl (C=O) groups excluding carboxylic acids is 1. The molecule has 2 heterocycles. The van der Waals surface area contributed by atoms with Crippen molar-refractivity contribution in [2.45, 2.75) is 44.2 Å². The highest BCUT2D eigenvalue weighted by atomic mass is 32.2. The number of hydrogen-bond donors (Lipinski definition) is 1. The second kappa shape index (κ2) is 7.69. The van der Waals surface area contributed by atoms with Gasteiger partial charge in [0.1, 0.15) is 11.0 Å². The Hall–Kier alpha value is -1.74. The molecule has 2 rings (SSSR count). The van der Waals surface area contributed by atoms with Gasteiger partial charge in [0.05, 0.1) is 6.54 Å². The number of thiophene rings is 1. The molecule has 7 nitrogen and oxygen atoms in total. The van der Waals surface area contributed by atoms with Gasteiger partial charge in [-0.1, -0.05) is 18.1 Å². The lowest BCUT2D eigenvalue weighted by atomic mass is 10.3. The van der Waals surface area contributed by atoms with Crippen LogP contribution in [-0.4, -0.2) is 29.7 Å². The Morgan fingerprint density at radius 3 is 2.91 bits per heavy atom. The zero-order valence-electron chi connectivity index (χ0n) is 13.0. The minimum Gasteiger partial charge on any atom is -0.350 e. The summed E-state index contributed by atoms with van der Waals surface area (Å²) in [4.78, 5) is 17.0. The molecular weight excluding hydrogens is 338 g/mol. The zero-order chi connectivity index (χ0) is 16.9. The van der Waals surface area contributed by atoms with Crippen LogP contribution < -0.4 is 5.32 Å². The molecule has 0 aromatic carbocycles. The Labute approximate surface area is 139 Å². The summed E-state index contributed by atoms with van der Waals surface area (Å²) in [6.45, 7) is 3.64. The van der Waals surface area contributed by atoms with Gasteiger partial charge in [0, 0.05) is 11.3 Å². The molecule has 0 aliphatic rings. The van der Waals surface area contributed by atoms with Crippen LogP contribution in [0, 0.1) is 0 Å². The van der Waals surface area contributed by atoms with Gasteiger partial charge in [-0.05, 0) is 24.8 Å². The molecule has 1 atom stereocenters. The van der Waals surface area contributed by atoms with Crippen molar-refractivity contribution >= 4 is 27.1 Å². The van der Waals surface area contributed by atoms with Crippen molar-refractivity contribution in [1.82, 2.24) is 15.5 Å². The Morgan fingerprint density at radius 2 is 2.26 bits per heavy atom. The van der Waals surface area contributed by atoms with E-state index in [2.05, 4.69) is 15.5 Å². The van der Waals surface area contributed by atoms with Gasteiger partial charge in [0.15, 0.2) is 15.7 Å². The molecule has 0 fully saturated rings. The van der Waals surface area contributed by atoms with Crippen molar-refractivity contribution in [2.24, 2.45) is 0 Å². The van der Waals surface area contributed by atoms with Crippen molar-refractivity contribution in [3.8, 4) is 0 Å². The van der Waals surface area contributed by atoms with Gasteiger partial charge in [0.2, 0.25) is 11.8 Å². The highest BCUT2D eigenvalue weighted by molar-refractivity contribution is 7.92. The standard InChI is InChI=1S/C14H19N3O4S2/c1-3-5-13-16-12(17-21-13)9-23(19,20)10(2)14(18)15-8-11-6-4-7-22-11/h4,6-7,10H,3,5,8-9H2,1-2H3,(H,15,18). The number of nitrogens with one attached hydrogen (secondary N) is 1. The summed E-state index contributed by atoms with van der Waals surface area (Å²) < 4.78 is 29.5. The van der Waals surface area contributed by atoms with Gasteiger partial charge in [-0.3, -0.25) is 4.79 Å². The van der Waals surface area contributed by atoms with Crippen molar-refractivity contribution in [1.29, 1.82) is 0 Å². The maximum Gasteiger partial charge on any atom is 0.238 e. The summed E-state index contributed by atoms with van der Waals surface area (Å²) in [6.07, 6.45) is 1.43. The summed E-state index contributed by atoms with van der Waals surface area (Å²) >= 11 is 1.50. The summed E-state index contributed by atoms with van der Waals surface area (Å²) in [6, 6.07) is 3.75. The van der Waals surface area contributed by atoms with E-state index >= 15 is 0 Å². The molecule has 9 heteroatoms. The second-order valence-corrected chi connectivity index (χ2v) is 8.45. The predicted octanol–water partition coefficient (Wildman–Crippen LogP) is 1.70. The summed E-state index contributed by atoms with van der Waals surface area (Å²) in [7, 11) is -3.70. The molecule has 2 aromatic heterocycles. The third-order valence-corrected chi connectivity index (χ3v) is 6.06. The molecule has 0 saturated carbocycles. The Morgan fingerprint density at radius 1 is 1.48 bits per heavy atom. The van der Waals surface area contributed by atoms with E-state index in [-0.39, 0.29) is 5.82 Å². The van der Waals surface area contributed by atoms with E-state index in [0.717, 1.165) is 11.3 Å². The minimum atomic E-state index is -3.70. The molecule has 1 N–H and O–H groups in total. The van der Waals surface area contributed by atoms with Crippen LogP contribution in [0.1, 0.15) is 36.9 Å². The van der Waals surface area contributed by atoms with Crippen molar-refractivity contribution in [3.63, 3.8) is 0 Å². The van der Waals surface area contributed by atoms with Gasteiger partial charge < -0.3 is 9.84 Å². The fourth-order valence-electron chi connectivity index (χ4n) is 1.86. The molecule has 23 heavy (non-hydrogen) atoms. The Balaban J connectivity index is 1.95. The van der Waals surface area contributed by atoms with Crippen LogP contribution in [0.5, 0.6) is 0 Å². The van der Waals surface area contributed by atoms with E-state index in [9.17, 15) is 13.2 Å². The number of sulfone groups is 1. The van der Waals surface area contributed by atoms with Crippen LogP contribution >= 0.6 is 11.3 Å². The first-order valence-electron chi connectivity index (χ1n) is 7.25. The predicted molar refractivity (Wildman–Crippen MR) is 86.5 cm³/mol. The maximum absolute atomic E-state index is 12.3. The number of nitrogens with zero attached hydrogens (tertiary/aromatic N) is 2. The lowest BCUT2D eigenvalue weighted by Gasteiger charge is -2.11. The molecule has 1 unspecified atom stereocenters. The topological polar surface area (TPSA) is 102 Å². The van der Waals surface area contributed by atoms with Crippen LogP contribution in [-0.2, 0) is 33.4 Å². The number of rotatable bonds is 8. The third-order valence-electron chi connectivity index (χ3n) is 3.23. The number of aryl methyl sites for hydroxylation is 1. The van der Waals surface area contributed by atoms with Gasteiger partial charge >= 0.3 is 0 Å². The van der Waals surface area contributed by atoms with Crippen molar-refractivity contribution in [3.05, 3.63) is 34.1 Å². The van der Waals surface area contributed by atoms with Gasteiger partial charge in [-0.2, -0.15) is 4.98 Å². The van der Waals surface area contributed by atoms with Crippen LogP contribution in [0.25, 0.3) is 0 Å². The van der Waals surface area contributed by atoms with Gasteiger partial charge in [-0.25, -0.2) is 8.42 Å². The second-order valence-electron chi connectivity index (χ2n) is 5.10. The molecule has 0 aliphatic carbocycles. The highest BCUT2D eigenvalue weighted by Gasteiger charge is 2.29. The van der Waals surface area contributed by atoms with E-state index in [0.29, 0.717) is 18.9 Å². The fraction of sp³-hybridized carbons (Fsp3) is 0.500. The van der Waals surface area contributed by atoms with E-state index in [1.807, 2.05) is 24.4 Å². The first-order valence-corrected chi connectivity index (χ1v) is 9.85. The first-order chi connectivity index (χ1) is 10.9. The molecule has 0 bridgehead atoms.